The van der Waals surface area contributed by atoms with Gasteiger partial charge in [-0.3, -0.25) is 14.7 Å². The maximum absolute atomic E-state index is 12.9. The molecule has 22 heavy (non-hydrogen) atoms. The number of carbonyl (C=O) groups excluding carboxylic acids is 1. The van der Waals surface area contributed by atoms with E-state index in [9.17, 15) is 4.79 Å². The van der Waals surface area contributed by atoms with Gasteiger partial charge in [0, 0.05) is 43.8 Å². The number of hydrogen-bond acceptors (Lipinski definition) is 3. The third kappa shape index (κ3) is 2.37. The highest BCUT2D eigenvalue weighted by atomic mass is 16.2. The van der Waals surface area contributed by atoms with E-state index in [4.69, 9.17) is 0 Å². The monoisotopic (exact) mass is 295 g/mol. The quantitative estimate of drug-likeness (QED) is 0.873. The lowest BCUT2D eigenvalue weighted by atomic mass is 10.1. The number of aromatic nitrogens is 1. The van der Waals surface area contributed by atoms with Gasteiger partial charge in [-0.2, -0.15) is 0 Å². The molecule has 1 saturated heterocycles. The first-order valence-electron chi connectivity index (χ1n) is 8.09. The molecule has 2 aliphatic rings. The first kappa shape index (κ1) is 13.7. The Morgan fingerprint density at radius 2 is 2.05 bits per heavy atom. The lowest BCUT2D eigenvalue weighted by Crippen LogP contribution is -2.39. The number of pyridine rings is 1. The van der Waals surface area contributed by atoms with Crippen molar-refractivity contribution in [3.63, 3.8) is 0 Å². The Bertz CT molecular complexity index is 705. The molecule has 0 radical (unpaired) electrons. The largest absolute Gasteiger partial charge is 0.337 e. The van der Waals surface area contributed by atoms with E-state index in [1.54, 1.807) is 6.20 Å². The molecule has 4 rings (SSSR count). The zero-order chi connectivity index (χ0) is 15.1. The molecule has 4 heteroatoms. The summed E-state index contributed by atoms with van der Waals surface area (Å²) >= 11 is 0. The van der Waals surface area contributed by atoms with E-state index < -0.39 is 0 Å². The molecule has 2 fully saturated rings. The molecule has 1 atom stereocenters. The van der Waals surface area contributed by atoms with Crippen LogP contribution in [0.4, 0.5) is 0 Å². The van der Waals surface area contributed by atoms with E-state index in [1.807, 2.05) is 42.3 Å². The van der Waals surface area contributed by atoms with Gasteiger partial charge >= 0.3 is 0 Å². The number of amides is 1. The third-order valence-corrected chi connectivity index (χ3v) is 4.99. The Hall–Kier alpha value is -1.94. The average molecular weight is 295 g/mol. The van der Waals surface area contributed by atoms with Crippen LogP contribution in [0.1, 0.15) is 29.6 Å². The molecule has 0 bridgehead atoms. The van der Waals surface area contributed by atoms with Crippen LogP contribution in [0.3, 0.4) is 0 Å². The molecule has 0 spiro atoms. The molecule has 1 aromatic carbocycles. The van der Waals surface area contributed by atoms with Crippen molar-refractivity contribution in [1.29, 1.82) is 0 Å². The van der Waals surface area contributed by atoms with Gasteiger partial charge in [0.25, 0.3) is 5.91 Å². The fourth-order valence-corrected chi connectivity index (χ4v) is 3.49. The maximum Gasteiger partial charge on any atom is 0.256 e. The van der Waals surface area contributed by atoms with Gasteiger partial charge in [-0.25, -0.2) is 0 Å². The van der Waals surface area contributed by atoms with Crippen LogP contribution in [0.15, 0.2) is 36.5 Å². The molecule has 2 aromatic rings. The summed E-state index contributed by atoms with van der Waals surface area (Å²) in [5.41, 5.74) is 1.52. The molecule has 1 amide bonds. The van der Waals surface area contributed by atoms with Crippen molar-refractivity contribution in [2.24, 2.45) is 0 Å². The van der Waals surface area contributed by atoms with Gasteiger partial charge in [0.15, 0.2) is 0 Å². The molecule has 1 aliphatic heterocycles. The Kier molecular flexibility index (Phi) is 3.34. The predicted octanol–water partition coefficient (Wildman–Crippen LogP) is 2.54. The summed E-state index contributed by atoms with van der Waals surface area (Å²) in [6, 6.07) is 10.9. The fraction of sp³-hybridized carbons (Fsp3) is 0.444. The van der Waals surface area contributed by atoms with Crippen LogP contribution in [-0.4, -0.2) is 52.9 Å². The van der Waals surface area contributed by atoms with Crippen LogP contribution in [0.25, 0.3) is 10.9 Å². The molecular formula is C18H21N3O. The van der Waals surface area contributed by atoms with E-state index in [-0.39, 0.29) is 5.91 Å². The van der Waals surface area contributed by atoms with Crippen molar-refractivity contribution in [3.8, 4) is 0 Å². The SMILES string of the molecule is CN(C(=O)c1cccc2cccnc12)C1CCN(C2CC2)C1. The van der Waals surface area contributed by atoms with Crippen LogP contribution >= 0.6 is 0 Å². The number of para-hydroxylation sites is 1. The van der Waals surface area contributed by atoms with Crippen molar-refractivity contribution < 1.29 is 4.79 Å². The van der Waals surface area contributed by atoms with Crippen LogP contribution < -0.4 is 0 Å². The summed E-state index contributed by atoms with van der Waals surface area (Å²) < 4.78 is 0. The molecule has 0 N–H and O–H groups in total. The number of carbonyl (C=O) groups is 1. The summed E-state index contributed by atoms with van der Waals surface area (Å²) in [5, 5.41) is 1.02. The van der Waals surface area contributed by atoms with Crippen LogP contribution in [-0.2, 0) is 0 Å². The molecule has 1 aromatic heterocycles. The lowest BCUT2D eigenvalue weighted by Gasteiger charge is -2.25. The van der Waals surface area contributed by atoms with Crippen molar-refractivity contribution >= 4 is 16.8 Å². The number of likely N-dealkylation sites (tertiary alicyclic amines) is 1. The Balaban J connectivity index is 1.57. The van der Waals surface area contributed by atoms with Crippen molar-refractivity contribution in [1.82, 2.24) is 14.8 Å². The van der Waals surface area contributed by atoms with Gasteiger partial charge < -0.3 is 4.90 Å². The summed E-state index contributed by atoms with van der Waals surface area (Å²) in [6.45, 7) is 2.14. The van der Waals surface area contributed by atoms with E-state index >= 15 is 0 Å². The fourth-order valence-electron chi connectivity index (χ4n) is 3.49. The lowest BCUT2D eigenvalue weighted by molar-refractivity contribution is 0.0736. The number of benzene rings is 1. The Morgan fingerprint density at radius 3 is 2.86 bits per heavy atom. The third-order valence-electron chi connectivity index (χ3n) is 4.99. The van der Waals surface area contributed by atoms with Crippen molar-refractivity contribution in [2.45, 2.75) is 31.3 Å². The number of nitrogens with zero attached hydrogens (tertiary/aromatic N) is 3. The summed E-state index contributed by atoms with van der Waals surface area (Å²) in [4.78, 5) is 21.8. The molecule has 4 nitrogen and oxygen atoms in total. The summed E-state index contributed by atoms with van der Waals surface area (Å²) in [7, 11) is 1.94. The van der Waals surface area contributed by atoms with Gasteiger partial charge in [-0.1, -0.05) is 18.2 Å². The van der Waals surface area contributed by atoms with Crippen molar-refractivity contribution in [2.75, 3.05) is 20.1 Å². The smallest absolute Gasteiger partial charge is 0.256 e. The van der Waals surface area contributed by atoms with Crippen LogP contribution in [0.5, 0.6) is 0 Å². The number of hydrogen-bond donors (Lipinski definition) is 0. The minimum absolute atomic E-state index is 0.0898. The molecule has 1 aliphatic carbocycles. The Morgan fingerprint density at radius 1 is 1.23 bits per heavy atom. The van der Waals surface area contributed by atoms with E-state index in [0.717, 1.165) is 36.5 Å². The first-order chi connectivity index (χ1) is 10.7. The highest BCUT2D eigenvalue weighted by Crippen LogP contribution is 2.31. The van der Waals surface area contributed by atoms with Crippen LogP contribution in [0.2, 0.25) is 0 Å². The second kappa shape index (κ2) is 5.36. The van der Waals surface area contributed by atoms with Gasteiger partial charge in [-0.15, -0.1) is 0 Å². The topological polar surface area (TPSA) is 36.4 Å². The standard InChI is InChI=1S/C18H21N3O/c1-20(15-9-11-21(12-15)14-7-8-14)18(22)16-6-2-4-13-5-3-10-19-17(13)16/h2-6,10,14-15H,7-9,11-12H2,1H3. The molecule has 1 saturated carbocycles. The van der Waals surface area contributed by atoms with Crippen LogP contribution in [0, 0.1) is 0 Å². The molecule has 114 valence electrons. The molecule has 1 unspecified atom stereocenters. The van der Waals surface area contributed by atoms with Gasteiger partial charge in [0.05, 0.1) is 11.1 Å². The average Bonchev–Trinajstić information content (AvgIpc) is 3.30. The van der Waals surface area contributed by atoms with Crippen molar-refractivity contribution in [3.05, 3.63) is 42.1 Å². The second-order valence-electron chi connectivity index (χ2n) is 6.47. The molecular weight excluding hydrogens is 274 g/mol. The normalized spacial score (nSPS) is 22.1. The van der Waals surface area contributed by atoms with Gasteiger partial charge in [-0.05, 0) is 31.4 Å². The second-order valence-corrected chi connectivity index (χ2v) is 6.47. The van der Waals surface area contributed by atoms with E-state index in [2.05, 4.69) is 9.88 Å². The number of rotatable bonds is 3. The van der Waals surface area contributed by atoms with Gasteiger partial charge in [0.1, 0.15) is 0 Å². The Labute approximate surface area is 130 Å². The summed E-state index contributed by atoms with van der Waals surface area (Å²) in [6.07, 6.45) is 5.50. The zero-order valence-corrected chi connectivity index (χ0v) is 12.9. The number of likely N-dealkylation sites (N-methyl/N-ethyl adjacent to an activating group) is 1. The number of fused-ring (bicyclic) bond motifs is 1. The van der Waals surface area contributed by atoms with E-state index in [1.165, 1.54) is 12.8 Å². The zero-order valence-electron chi connectivity index (χ0n) is 12.9. The first-order valence-corrected chi connectivity index (χ1v) is 8.09. The van der Waals surface area contributed by atoms with E-state index in [0.29, 0.717) is 11.6 Å². The minimum atomic E-state index is 0.0898. The summed E-state index contributed by atoms with van der Waals surface area (Å²) in [5.74, 6) is 0.0898. The highest BCUT2D eigenvalue weighted by Gasteiger charge is 2.36. The highest BCUT2D eigenvalue weighted by molar-refractivity contribution is 6.05. The molecule has 2 heterocycles. The minimum Gasteiger partial charge on any atom is -0.337 e. The predicted molar refractivity (Wildman–Crippen MR) is 86.8 cm³/mol. The maximum atomic E-state index is 12.9. The van der Waals surface area contributed by atoms with Gasteiger partial charge in [0.2, 0.25) is 0 Å².